The van der Waals surface area contributed by atoms with Crippen molar-refractivity contribution in [3.05, 3.63) is 36.0 Å². The van der Waals surface area contributed by atoms with E-state index in [0.29, 0.717) is 12.2 Å². The summed E-state index contributed by atoms with van der Waals surface area (Å²) in [5.74, 6) is 0.00658. The zero-order valence-electron chi connectivity index (χ0n) is 15.2. The van der Waals surface area contributed by atoms with Crippen LogP contribution in [0.5, 0.6) is 0 Å². The SMILES string of the molecule is CC1(C(=O)NC2CCCC2)Cn2c(cc3ccccc32)C(=O)N1C1CC1. The molecule has 0 saturated heterocycles. The van der Waals surface area contributed by atoms with Crippen LogP contribution in [0, 0.1) is 0 Å². The molecule has 136 valence electrons. The first-order valence-corrected chi connectivity index (χ1v) is 9.81. The van der Waals surface area contributed by atoms with Crippen LogP contribution in [0.1, 0.15) is 55.9 Å². The third-order valence-electron chi connectivity index (χ3n) is 6.34. The van der Waals surface area contributed by atoms with Gasteiger partial charge in [-0.2, -0.15) is 0 Å². The van der Waals surface area contributed by atoms with Crippen LogP contribution in [0.25, 0.3) is 10.9 Å². The number of carbonyl (C=O) groups is 2. The third kappa shape index (κ3) is 2.29. The monoisotopic (exact) mass is 351 g/mol. The molecule has 2 aromatic rings. The zero-order valence-corrected chi connectivity index (χ0v) is 15.2. The lowest BCUT2D eigenvalue weighted by Crippen LogP contribution is -2.65. The van der Waals surface area contributed by atoms with Gasteiger partial charge >= 0.3 is 0 Å². The number of amides is 2. The average molecular weight is 351 g/mol. The lowest BCUT2D eigenvalue weighted by molar-refractivity contribution is -0.133. The van der Waals surface area contributed by atoms with Crippen molar-refractivity contribution in [2.24, 2.45) is 0 Å². The van der Waals surface area contributed by atoms with Crippen molar-refractivity contribution < 1.29 is 9.59 Å². The van der Waals surface area contributed by atoms with Crippen LogP contribution in [0.2, 0.25) is 0 Å². The Bertz CT molecular complexity index is 892. The summed E-state index contributed by atoms with van der Waals surface area (Å²) in [5, 5.41) is 4.31. The van der Waals surface area contributed by atoms with Gasteiger partial charge in [0.15, 0.2) is 0 Å². The minimum absolute atomic E-state index is 0.000906. The van der Waals surface area contributed by atoms with Gasteiger partial charge in [0.2, 0.25) is 5.91 Å². The van der Waals surface area contributed by atoms with Gasteiger partial charge in [-0.05, 0) is 44.7 Å². The number of rotatable bonds is 3. The van der Waals surface area contributed by atoms with Crippen LogP contribution in [0.4, 0.5) is 0 Å². The standard InChI is InChI=1S/C21H25N3O2/c1-21(20(26)22-15-7-3-4-8-15)13-23-17-9-5-2-6-14(17)12-18(23)19(25)24(21)16-10-11-16/h2,5-6,9,12,15-16H,3-4,7-8,10-11,13H2,1H3,(H,22,26). The van der Waals surface area contributed by atoms with E-state index in [1.165, 1.54) is 12.8 Å². The fourth-order valence-corrected chi connectivity index (χ4v) is 4.78. The molecule has 0 radical (unpaired) electrons. The fraction of sp³-hybridized carbons (Fsp3) is 0.524. The second kappa shape index (κ2) is 5.60. The Hall–Kier alpha value is -2.30. The normalized spacial score (nSPS) is 26.3. The molecule has 1 aromatic carbocycles. The fourth-order valence-electron chi connectivity index (χ4n) is 4.78. The van der Waals surface area contributed by atoms with Crippen LogP contribution >= 0.6 is 0 Å². The number of nitrogens with one attached hydrogen (secondary N) is 1. The molecule has 5 heteroatoms. The second-order valence-electron chi connectivity index (χ2n) is 8.31. The third-order valence-corrected chi connectivity index (χ3v) is 6.34. The van der Waals surface area contributed by atoms with Crippen LogP contribution in [-0.2, 0) is 11.3 Å². The molecule has 1 aromatic heterocycles. The van der Waals surface area contributed by atoms with Crippen molar-refractivity contribution >= 4 is 22.7 Å². The number of hydrogen-bond acceptors (Lipinski definition) is 2. The Morgan fingerprint density at radius 3 is 2.62 bits per heavy atom. The molecule has 0 spiro atoms. The maximum atomic E-state index is 13.4. The Morgan fingerprint density at radius 1 is 1.15 bits per heavy atom. The minimum Gasteiger partial charge on any atom is -0.351 e. The molecule has 26 heavy (non-hydrogen) atoms. The van der Waals surface area contributed by atoms with E-state index in [0.717, 1.165) is 36.6 Å². The van der Waals surface area contributed by atoms with Gasteiger partial charge in [-0.3, -0.25) is 9.59 Å². The Kier molecular flexibility index (Phi) is 3.43. The van der Waals surface area contributed by atoms with Crippen molar-refractivity contribution in [2.45, 2.75) is 69.6 Å². The molecule has 2 amide bonds. The summed E-state index contributed by atoms with van der Waals surface area (Å²) in [7, 11) is 0. The van der Waals surface area contributed by atoms with Gasteiger partial charge in [-0.25, -0.2) is 0 Å². The maximum Gasteiger partial charge on any atom is 0.271 e. The summed E-state index contributed by atoms with van der Waals surface area (Å²) in [6.07, 6.45) is 6.46. The van der Waals surface area contributed by atoms with E-state index in [2.05, 4.69) is 5.32 Å². The highest BCUT2D eigenvalue weighted by Gasteiger charge is 2.53. The predicted octanol–water partition coefficient (Wildman–Crippen LogP) is 3.08. The predicted molar refractivity (Wildman–Crippen MR) is 99.9 cm³/mol. The van der Waals surface area contributed by atoms with Gasteiger partial charge in [-0.15, -0.1) is 0 Å². The quantitative estimate of drug-likeness (QED) is 0.924. The Morgan fingerprint density at radius 2 is 1.88 bits per heavy atom. The van der Waals surface area contributed by atoms with E-state index in [4.69, 9.17) is 0 Å². The first kappa shape index (κ1) is 15.9. The summed E-state index contributed by atoms with van der Waals surface area (Å²) >= 11 is 0. The van der Waals surface area contributed by atoms with Gasteiger partial charge in [0, 0.05) is 23.0 Å². The minimum atomic E-state index is -0.824. The summed E-state index contributed by atoms with van der Waals surface area (Å²) < 4.78 is 2.05. The van der Waals surface area contributed by atoms with E-state index < -0.39 is 5.54 Å². The van der Waals surface area contributed by atoms with Crippen molar-refractivity contribution in [3.63, 3.8) is 0 Å². The molecule has 2 heterocycles. The zero-order chi connectivity index (χ0) is 17.9. The number of para-hydroxylation sites is 1. The molecule has 1 N–H and O–H groups in total. The van der Waals surface area contributed by atoms with Crippen molar-refractivity contribution in [1.82, 2.24) is 14.8 Å². The van der Waals surface area contributed by atoms with Crippen molar-refractivity contribution in [2.75, 3.05) is 0 Å². The van der Waals surface area contributed by atoms with Gasteiger partial charge in [0.1, 0.15) is 11.2 Å². The van der Waals surface area contributed by atoms with E-state index in [-0.39, 0.29) is 23.9 Å². The first-order chi connectivity index (χ1) is 12.6. The number of carbonyl (C=O) groups excluding carboxylic acids is 2. The molecular weight excluding hydrogens is 326 g/mol. The number of fused-ring (bicyclic) bond motifs is 3. The van der Waals surface area contributed by atoms with Gasteiger partial charge < -0.3 is 14.8 Å². The largest absolute Gasteiger partial charge is 0.351 e. The molecule has 0 bridgehead atoms. The molecule has 5 nitrogen and oxygen atoms in total. The molecule has 5 rings (SSSR count). The lowest BCUT2D eigenvalue weighted by atomic mass is 9.93. The highest BCUT2D eigenvalue weighted by atomic mass is 16.2. The summed E-state index contributed by atoms with van der Waals surface area (Å²) in [6.45, 7) is 2.47. The van der Waals surface area contributed by atoms with E-state index in [1.54, 1.807) is 0 Å². The molecular formula is C21H25N3O2. The first-order valence-electron chi connectivity index (χ1n) is 9.81. The van der Waals surface area contributed by atoms with Crippen LogP contribution in [-0.4, -0.2) is 38.9 Å². The van der Waals surface area contributed by atoms with E-state index in [1.807, 2.05) is 46.7 Å². The molecule has 1 aliphatic heterocycles. The highest BCUT2D eigenvalue weighted by Crippen LogP contribution is 2.40. The number of nitrogens with zero attached hydrogens (tertiary/aromatic N) is 2. The van der Waals surface area contributed by atoms with Crippen LogP contribution < -0.4 is 5.32 Å². The Labute approximate surface area is 153 Å². The number of hydrogen-bond donors (Lipinski definition) is 1. The highest BCUT2D eigenvalue weighted by molar-refractivity contribution is 6.04. The van der Waals surface area contributed by atoms with Crippen LogP contribution in [0.15, 0.2) is 30.3 Å². The smallest absolute Gasteiger partial charge is 0.271 e. The number of benzene rings is 1. The maximum absolute atomic E-state index is 13.4. The summed E-state index contributed by atoms with van der Waals surface area (Å²) in [6, 6.07) is 10.5. The topological polar surface area (TPSA) is 54.3 Å². The van der Waals surface area contributed by atoms with E-state index >= 15 is 0 Å². The summed E-state index contributed by atoms with van der Waals surface area (Å²) in [4.78, 5) is 28.5. The molecule has 2 saturated carbocycles. The molecule has 2 fully saturated rings. The lowest BCUT2D eigenvalue weighted by Gasteiger charge is -2.44. The molecule has 1 atom stereocenters. The Balaban J connectivity index is 1.57. The molecule has 3 aliphatic rings. The second-order valence-corrected chi connectivity index (χ2v) is 8.31. The average Bonchev–Trinajstić information content (AvgIpc) is 3.18. The van der Waals surface area contributed by atoms with Crippen LogP contribution in [0.3, 0.4) is 0 Å². The molecule has 2 aliphatic carbocycles. The van der Waals surface area contributed by atoms with Crippen molar-refractivity contribution in [3.8, 4) is 0 Å². The summed E-state index contributed by atoms with van der Waals surface area (Å²) in [5.41, 5.74) is 0.922. The molecule has 1 unspecified atom stereocenters. The van der Waals surface area contributed by atoms with Crippen molar-refractivity contribution in [1.29, 1.82) is 0 Å². The van der Waals surface area contributed by atoms with E-state index in [9.17, 15) is 9.59 Å². The van der Waals surface area contributed by atoms with Gasteiger partial charge in [-0.1, -0.05) is 31.0 Å². The van der Waals surface area contributed by atoms with Gasteiger partial charge in [0.25, 0.3) is 5.91 Å². The van der Waals surface area contributed by atoms with Gasteiger partial charge in [0.05, 0.1) is 6.54 Å². The number of aromatic nitrogens is 1.